The Kier molecular flexibility index (Phi) is 6.60. The lowest BCUT2D eigenvalue weighted by Crippen LogP contribution is -2.25. The number of anilines is 1. The zero-order valence-corrected chi connectivity index (χ0v) is 15.5. The van der Waals surface area contributed by atoms with E-state index < -0.39 is 0 Å². The number of methoxy groups -OCH3 is 2. The minimum absolute atomic E-state index is 0.0367. The monoisotopic (exact) mass is 356 g/mol. The maximum Gasteiger partial charge on any atom is 0.224 e. The third-order valence-electron chi connectivity index (χ3n) is 4.10. The van der Waals surface area contributed by atoms with Gasteiger partial charge in [-0.3, -0.25) is 9.59 Å². The zero-order chi connectivity index (χ0) is 19.1. The fraction of sp³-hybridized carbons (Fsp3) is 0.300. The summed E-state index contributed by atoms with van der Waals surface area (Å²) in [5, 5.41) is 2.89. The summed E-state index contributed by atoms with van der Waals surface area (Å²) in [6, 6.07) is 12.9. The number of nitrogens with one attached hydrogen (secondary N) is 1. The molecule has 0 atom stereocenters. The Balaban J connectivity index is 1.92. The number of ether oxygens (including phenoxy) is 2. The lowest BCUT2D eigenvalue weighted by molar-refractivity contribution is -0.120. The van der Waals surface area contributed by atoms with Crippen molar-refractivity contribution in [2.45, 2.75) is 19.9 Å². The number of rotatable bonds is 7. The van der Waals surface area contributed by atoms with E-state index in [1.165, 1.54) is 6.92 Å². The van der Waals surface area contributed by atoms with Gasteiger partial charge in [-0.05, 0) is 35.4 Å². The number of amides is 2. The standard InChI is InChI=1S/C20H24N2O4/c1-14(23)22(2)17-8-5-15(6-9-17)12-20(24)21-13-16-7-10-18(25-3)19(11-16)26-4/h5-11H,12-13H2,1-4H3,(H,21,24). The Morgan fingerprint density at radius 2 is 1.58 bits per heavy atom. The van der Waals surface area contributed by atoms with Gasteiger partial charge in [0.15, 0.2) is 11.5 Å². The normalized spacial score (nSPS) is 10.2. The molecule has 0 spiro atoms. The highest BCUT2D eigenvalue weighted by Crippen LogP contribution is 2.27. The van der Waals surface area contributed by atoms with E-state index in [9.17, 15) is 9.59 Å². The predicted octanol–water partition coefficient (Wildman–Crippen LogP) is 2.55. The third-order valence-corrected chi connectivity index (χ3v) is 4.10. The second-order valence-electron chi connectivity index (χ2n) is 5.89. The van der Waals surface area contributed by atoms with E-state index in [1.807, 2.05) is 42.5 Å². The van der Waals surface area contributed by atoms with Gasteiger partial charge in [0.05, 0.1) is 20.6 Å². The van der Waals surface area contributed by atoms with Crippen LogP contribution in [0.3, 0.4) is 0 Å². The van der Waals surface area contributed by atoms with Crippen LogP contribution < -0.4 is 19.7 Å². The van der Waals surface area contributed by atoms with Crippen molar-refractivity contribution in [3.05, 3.63) is 53.6 Å². The first-order chi connectivity index (χ1) is 12.4. The molecule has 6 nitrogen and oxygen atoms in total. The molecule has 1 N–H and O–H groups in total. The van der Waals surface area contributed by atoms with Gasteiger partial charge >= 0.3 is 0 Å². The Bertz CT molecular complexity index is 772. The van der Waals surface area contributed by atoms with E-state index in [0.717, 1.165) is 16.8 Å². The lowest BCUT2D eigenvalue weighted by atomic mass is 10.1. The summed E-state index contributed by atoms with van der Waals surface area (Å²) in [6.07, 6.45) is 0.275. The molecule has 2 aromatic rings. The molecule has 0 radical (unpaired) electrons. The van der Waals surface area contributed by atoms with Crippen LogP contribution in [0.1, 0.15) is 18.1 Å². The topological polar surface area (TPSA) is 67.9 Å². The summed E-state index contributed by atoms with van der Waals surface area (Å²) in [7, 11) is 4.87. The van der Waals surface area contributed by atoms with Gasteiger partial charge < -0.3 is 19.7 Å². The van der Waals surface area contributed by atoms with E-state index >= 15 is 0 Å². The summed E-state index contributed by atoms with van der Waals surface area (Å²) in [6.45, 7) is 1.92. The summed E-state index contributed by atoms with van der Waals surface area (Å²) in [4.78, 5) is 25.1. The molecule has 26 heavy (non-hydrogen) atoms. The first kappa shape index (κ1) is 19.3. The maximum atomic E-state index is 12.2. The Morgan fingerprint density at radius 3 is 2.15 bits per heavy atom. The second-order valence-corrected chi connectivity index (χ2v) is 5.89. The molecule has 0 bridgehead atoms. The van der Waals surface area contributed by atoms with Crippen LogP contribution in [0.4, 0.5) is 5.69 Å². The number of carbonyl (C=O) groups is 2. The zero-order valence-electron chi connectivity index (χ0n) is 15.5. The van der Waals surface area contributed by atoms with Gasteiger partial charge in [-0.15, -0.1) is 0 Å². The molecule has 0 unspecified atom stereocenters. The number of hydrogen-bond donors (Lipinski definition) is 1. The van der Waals surface area contributed by atoms with Gasteiger partial charge in [-0.1, -0.05) is 18.2 Å². The average molecular weight is 356 g/mol. The van der Waals surface area contributed by atoms with E-state index in [0.29, 0.717) is 18.0 Å². The van der Waals surface area contributed by atoms with Gasteiger partial charge in [0.1, 0.15) is 0 Å². The summed E-state index contributed by atoms with van der Waals surface area (Å²) >= 11 is 0. The molecule has 0 saturated carbocycles. The molecule has 0 aliphatic rings. The quantitative estimate of drug-likeness (QED) is 0.828. The van der Waals surface area contributed by atoms with Crippen LogP contribution in [0.25, 0.3) is 0 Å². The molecular weight excluding hydrogens is 332 g/mol. The van der Waals surface area contributed by atoms with Crippen molar-refractivity contribution in [1.82, 2.24) is 5.32 Å². The van der Waals surface area contributed by atoms with Crippen molar-refractivity contribution in [2.75, 3.05) is 26.2 Å². The van der Waals surface area contributed by atoms with E-state index in [4.69, 9.17) is 9.47 Å². The molecule has 138 valence electrons. The minimum Gasteiger partial charge on any atom is -0.493 e. The second kappa shape index (κ2) is 8.89. The highest BCUT2D eigenvalue weighted by molar-refractivity contribution is 5.90. The molecule has 0 aliphatic carbocycles. The van der Waals surface area contributed by atoms with Gasteiger partial charge in [-0.25, -0.2) is 0 Å². The molecule has 6 heteroatoms. The molecule has 2 aromatic carbocycles. The summed E-state index contributed by atoms with van der Waals surface area (Å²) in [5.41, 5.74) is 2.61. The molecule has 2 rings (SSSR count). The molecule has 0 heterocycles. The molecule has 0 saturated heterocycles. The smallest absolute Gasteiger partial charge is 0.224 e. The van der Waals surface area contributed by atoms with Gasteiger partial charge in [0, 0.05) is 26.2 Å². The van der Waals surface area contributed by atoms with Crippen molar-refractivity contribution in [1.29, 1.82) is 0 Å². The highest BCUT2D eigenvalue weighted by Gasteiger charge is 2.08. The fourth-order valence-corrected chi connectivity index (χ4v) is 2.46. The Labute approximate surface area is 153 Å². The SMILES string of the molecule is COc1ccc(CNC(=O)Cc2ccc(N(C)C(C)=O)cc2)cc1OC. The highest BCUT2D eigenvalue weighted by atomic mass is 16.5. The molecule has 0 aliphatic heterocycles. The Hall–Kier alpha value is -3.02. The molecule has 2 amide bonds. The van der Waals surface area contributed by atoms with Crippen molar-refractivity contribution in [2.24, 2.45) is 0 Å². The number of carbonyl (C=O) groups excluding carboxylic acids is 2. The van der Waals surface area contributed by atoms with E-state index in [2.05, 4.69) is 5.32 Å². The van der Waals surface area contributed by atoms with Crippen molar-refractivity contribution in [3.8, 4) is 11.5 Å². The largest absolute Gasteiger partial charge is 0.493 e. The van der Waals surface area contributed by atoms with E-state index in [-0.39, 0.29) is 18.2 Å². The molecular formula is C20H24N2O4. The van der Waals surface area contributed by atoms with Crippen LogP contribution in [-0.2, 0) is 22.6 Å². The Morgan fingerprint density at radius 1 is 0.962 bits per heavy atom. The van der Waals surface area contributed by atoms with Crippen LogP contribution in [-0.4, -0.2) is 33.1 Å². The van der Waals surface area contributed by atoms with Crippen molar-refractivity contribution >= 4 is 17.5 Å². The molecule has 0 aromatic heterocycles. The van der Waals surface area contributed by atoms with Gasteiger partial charge in [-0.2, -0.15) is 0 Å². The fourth-order valence-electron chi connectivity index (χ4n) is 2.46. The first-order valence-corrected chi connectivity index (χ1v) is 8.25. The van der Waals surface area contributed by atoms with Crippen LogP contribution in [0.15, 0.2) is 42.5 Å². The summed E-state index contributed by atoms with van der Waals surface area (Å²) < 4.78 is 10.5. The van der Waals surface area contributed by atoms with Crippen molar-refractivity contribution in [3.63, 3.8) is 0 Å². The first-order valence-electron chi connectivity index (χ1n) is 8.25. The van der Waals surface area contributed by atoms with Gasteiger partial charge in [0.2, 0.25) is 11.8 Å². The third kappa shape index (κ3) is 4.99. The minimum atomic E-state index is -0.0764. The van der Waals surface area contributed by atoms with Crippen LogP contribution in [0, 0.1) is 0 Å². The predicted molar refractivity (Wildman–Crippen MR) is 101 cm³/mol. The van der Waals surface area contributed by atoms with Crippen LogP contribution >= 0.6 is 0 Å². The van der Waals surface area contributed by atoms with E-state index in [1.54, 1.807) is 26.2 Å². The van der Waals surface area contributed by atoms with Gasteiger partial charge in [0.25, 0.3) is 0 Å². The van der Waals surface area contributed by atoms with Crippen LogP contribution in [0.2, 0.25) is 0 Å². The number of benzene rings is 2. The average Bonchev–Trinajstić information content (AvgIpc) is 2.66. The summed E-state index contributed by atoms with van der Waals surface area (Å²) in [5.74, 6) is 1.17. The molecule has 0 fully saturated rings. The number of hydrogen-bond acceptors (Lipinski definition) is 4. The van der Waals surface area contributed by atoms with Crippen LogP contribution in [0.5, 0.6) is 11.5 Å². The maximum absolute atomic E-state index is 12.2. The number of nitrogens with zero attached hydrogens (tertiary/aromatic N) is 1. The lowest BCUT2D eigenvalue weighted by Gasteiger charge is -2.15. The van der Waals surface area contributed by atoms with Crippen molar-refractivity contribution < 1.29 is 19.1 Å².